The highest BCUT2D eigenvalue weighted by Gasteiger charge is 2.42. The summed E-state index contributed by atoms with van der Waals surface area (Å²) in [6, 6.07) is 14.0. The van der Waals surface area contributed by atoms with Gasteiger partial charge < -0.3 is 9.64 Å². The second-order valence-electron chi connectivity index (χ2n) is 6.57. The molecule has 0 radical (unpaired) electrons. The predicted octanol–water partition coefficient (Wildman–Crippen LogP) is 3.73. The van der Waals surface area contributed by atoms with Crippen LogP contribution in [0.1, 0.15) is 18.4 Å². The Bertz CT molecular complexity index is 913. The van der Waals surface area contributed by atoms with Gasteiger partial charge in [0.05, 0.1) is 18.4 Å². The van der Waals surface area contributed by atoms with Crippen molar-refractivity contribution in [2.75, 3.05) is 25.1 Å². The average Bonchev–Trinajstić information content (AvgIpc) is 3.29. The van der Waals surface area contributed by atoms with Crippen LogP contribution in [0.2, 0.25) is 5.02 Å². The Morgan fingerprint density at radius 1 is 0.889 bits per heavy atom. The highest BCUT2D eigenvalue weighted by atomic mass is 35.5. The lowest BCUT2D eigenvalue weighted by Crippen LogP contribution is -2.34. The number of carbonyl (C=O) groups excluding carboxylic acids is 2. The Morgan fingerprint density at radius 3 is 2.11 bits per heavy atom. The third-order valence-electron chi connectivity index (χ3n) is 4.95. The summed E-state index contributed by atoms with van der Waals surface area (Å²) in [4.78, 5) is 29.8. The molecular weight excluding hydrogens is 364 g/mol. The molecule has 2 heterocycles. The van der Waals surface area contributed by atoms with E-state index in [-0.39, 0.29) is 11.8 Å². The Labute approximate surface area is 162 Å². The fourth-order valence-corrected chi connectivity index (χ4v) is 3.72. The number of halogens is 1. The second kappa shape index (κ2) is 7.08. The van der Waals surface area contributed by atoms with Crippen LogP contribution < -0.4 is 9.64 Å². The van der Waals surface area contributed by atoms with Crippen LogP contribution in [-0.4, -0.2) is 36.9 Å². The SMILES string of the molecule is COc1ccc(C2=C(N3CCCC3)C(=O)N(c3ccc(Cl)cc3)C2=O)cc1. The largest absolute Gasteiger partial charge is 0.497 e. The number of carbonyl (C=O) groups is 2. The third-order valence-corrected chi connectivity index (χ3v) is 5.20. The number of imide groups is 1. The van der Waals surface area contributed by atoms with E-state index in [4.69, 9.17) is 16.3 Å². The van der Waals surface area contributed by atoms with Crippen LogP contribution in [-0.2, 0) is 9.59 Å². The van der Waals surface area contributed by atoms with E-state index in [0.717, 1.165) is 25.9 Å². The topological polar surface area (TPSA) is 49.9 Å². The van der Waals surface area contributed by atoms with Gasteiger partial charge in [0.1, 0.15) is 11.4 Å². The molecule has 1 saturated heterocycles. The molecule has 1 fully saturated rings. The smallest absolute Gasteiger partial charge is 0.282 e. The number of anilines is 1. The zero-order chi connectivity index (χ0) is 19.0. The number of benzene rings is 2. The number of nitrogens with zero attached hydrogens (tertiary/aromatic N) is 2. The number of rotatable bonds is 4. The first kappa shape index (κ1) is 17.6. The van der Waals surface area contributed by atoms with Gasteiger partial charge in [-0.2, -0.15) is 0 Å². The Kier molecular flexibility index (Phi) is 4.62. The number of ether oxygens (including phenoxy) is 1. The van der Waals surface area contributed by atoms with E-state index in [9.17, 15) is 9.59 Å². The number of amides is 2. The molecule has 6 heteroatoms. The fourth-order valence-electron chi connectivity index (χ4n) is 3.59. The molecule has 5 nitrogen and oxygen atoms in total. The quantitative estimate of drug-likeness (QED) is 0.756. The predicted molar refractivity (Wildman–Crippen MR) is 105 cm³/mol. The van der Waals surface area contributed by atoms with Crippen molar-refractivity contribution >= 4 is 34.7 Å². The van der Waals surface area contributed by atoms with Crippen LogP contribution in [0.15, 0.2) is 54.2 Å². The molecule has 0 atom stereocenters. The summed E-state index contributed by atoms with van der Waals surface area (Å²) in [6.45, 7) is 1.56. The summed E-state index contributed by atoms with van der Waals surface area (Å²) < 4.78 is 5.21. The standard InChI is InChI=1S/C21H19ClN2O3/c1-27-17-10-4-14(5-11-17)18-19(23-12-2-3-13-23)21(26)24(20(18)25)16-8-6-15(22)7-9-16/h4-11H,2-3,12-13H2,1H3. The minimum absolute atomic E-state index is 0.282. The van der Waals surface area contributed by atoms with E-state index in [0.29, 0.717) is 33.3 Å². The third kappa shape index (κ3) is 3.08. The molecule has 2 aliphatic heterocycles. The van der Waals surface area contributed by atoms with Crippen molar-refractivity contribution in [1.29, 1.82) is 0 Å². The molecular formula is C21H19ClN2O3. The molecule has 2 aliphatic rings. The molecule has 0 spiro atoms. The van der Waals surface area contributed by atoms with E-state index in [1.54, 1.807) is 43.5 Å². The van der Waals surface area contributed by atoms with Gasteiger partial charge in [-0.3, -0.25) is 9.59 Å². The molecule has 0 aliphatic carbocycles. The van der Waals surface area contributed by atoms with E-state index in [1.165, 1.54) is 4.90 Å². The lowest BCUT2D eigenvalue weighted by molar-refractivity contribution is -0.120. The van der Waals surface area contributed by atoms with Gasteiger partial charge in [-0.15, -0.1) is 0 Å². The first-order valence-corrected chi connectivity index (χ1v) is 9.26. The lowest BCUT2D eigenvalue weighted by Gasteiger charge is -2.20. The highest BCUT2D eigenvalue weighted by Crippen LogP contribution is 2.36. The molecule has 0 bridgehead atoms. The van der Waals surface area contributed by atoms with Crippen molar-refractivity contribution in [3.05, 3.63) is 64.8 Å². The average molecular weight is 383 g/mol. The molecule has 0 saturated carbocycles. The summed E-state index contributed by atoms with van der Waals surface area (Å²) >= 11 is 5.96. The van der Waals surface area contributed by atoms with Gasteiger partial charge in [0.15, 0.2) is 0 Å². The number of hydrogen-bond acceptors (Lipinski definition) is 4. The Hall–Kier alpha value is -2.79. The zero-order valence-electron chi connectivity index (χ0n) is 14.9. The monoisotopic (exact) mass is 382 g/mol. The summed E-state index contributed by atoms with van der Waals surface area (Å²) in [7, 11) is 1.59. The molecule has 2 amide bonds. The van der Waals surface area contributed by atoms with Crippen molar-refractivity contribution in [3.63, 3.8) is 0 Å². The van der Waals surface area contributed by atoms with E-state index in [1.807, 2.05) is 17.0 Å². The Balaban J connectivity index is 1.80. The van der Waals surface area contributed by atoms with Crippen LogP contribution in [0.5, 0.6) is 5.75 Å². The van der Waals surface area contributed by atoms with Crippen LogP contribution in [0, 0.1) is 0 Å². The normalized spacial score (nSPS) is 17.3. The number of hydrogen-bond donors (Lipinski definition) is 0. The van der Waals surface area contributed by atoms with Gasteiger partial charge in [0.2, 0.25) is 0 Å². The molecule has 2 aromatic rings. The van der Waals surface area contributed by atoms with Crippen molar-refractivity contribution < 1.29 is 14.3 Å². The van der Waals surface area contributed by atoms with Gasteiger partial charge in [-0.1, -0.05) is 23.7 Å². The molecule has 2 aromatic carbocycles. The van der Waals surface area contributed by atoms with Crippen molar-refractivity contribution in [1.82, 2.24) is 4.90 Å². The molecule has 138 valence electrons. The van der Waals surface area contributed by atoms with E-state index < -0.39 is 0 Å². The highest BCUT2D eigenvalue weighted by molar-refractivity contribution is 6.45. The number of methoxy groups -OCH3 is 1. The van der Waals surface area contributed by atoms with Crippen LogP contribution >= 0.6 is 11.6 Å². The molecule has 0 unspecified atom stereocenters. The maximum atomic E-state index is 13.3. The van der Waals surface area contributed by atoms with Crippen LogP contribution in [0.4, 0.5) is 5.69 Å². The lowest BCUT2D eigenvalue weighted by atomic mass is 10.0. The van der Waals surface area contributed by atoms with Gasteiger partial charge in [-0.25, -0.2) is 4.90 Å². The zero-order valence-corrected chi connectivity index (χ0v) is 15.7. The van der Waals surface area contributed by atoms with Crippen LogP contribution in [0.3, 0.4) is 0 Å². The first-order chi connectivity index (χ1) is 13.1. The van der Waals surface area contributed by atoms with E-state index >= 15 is 0 Å². The van der Waals surface area contributed by atoms with Gasteiger partial charge >= 0.3 is 0 Å². The van der Waals surface area contributed by atoms with Crippen molar-refractivity contribution in [2.24, 2.45) is 0 Å². The van der Waals surface area contributed by atoms with Crippen LogP contribution in [0.25, 0.3) is 5.57 Å². The molecule has 0 aromatic heterocycles. The minimum Gasteiger partial charge on any atom is -0.497 e. The number of likely N-dealkylation sites (tertiary alicyclic amines) is 1. The second-order valence-corrected chi connectivity index (χ2v) is 7.00. The summed E-state index contributed by atoms with van der Waals surface area (Å²) in [5.41, 5.74) is 2.17. The van der Waals surface area contributed by atoms with Gasteiger partial charge in [0, 0.05) is 18.1 Å². The molecule has 4 rings (SSSR count). The van der Waals surface area contributed by atoms with E-state index in [2.05, 4.69) is 0 Å². The van der Waals surface area contributed by atoms with Gasteiger partial charge in [-0.05, 0) is 54.8 Å². The van der Waals surface area contributed by atoms with Crippen molar-refractivity contribution in [2.45, 2.75) is 12.8 Å². The summed E-state index contributed by atoms with van der Waals surface area (Å²) in [5.74, 6) is 0.109. The first-order valence-electron chi connectivity index (χ1n) is 8.88. The van der Waals surface area contributed by atoms with Gasteiger partial charge in [0.25, 0.3) is 11.8 Å². The summed E-state index contributed by atoms with van der Waals surface area (Å²) in [5, 5.41) is 0.556. The Morgan fingerprint density at radius 2 is 1.52 bits per heavy atom. The molecule has 0 N–H and O–H groups in total. The minimum atomic E-state index is -0.311. The van der Waals surface area contributed by atoms with Crippen molar-refractivity contribution in [3.8, 4) is 5.75 Å². The maximum Gasteiger partial charge on any atom is 0.282 e. The fraction of sp³-hybridized carbons (Fsp3) is 0.238. The molecule has 27 heavy (non-hydrogen) atoms. The summed E-state index contributed by atoms with van der Waals surface area (Å²) in [6.07, 6.45) is 2.03. The maximum absolute atomic E-state index is 13.3.